The molecule has 0 aliphatic heterocycles. The van der Waals surface area contributed by atoms with Crippen molar-refractivity contribution in [2.75, 3.05) is 7.11 Å². The van der Waals surface area contributed by atoms with Crippen molar-refractivity contribution in [2.45, 2.75) is 45.3 Å². The molecular weight excluding hydrogens is 202 g/mol. The second-order valence-electron chi connectivity index (χ2n) is 4.34. The Morgan fingerprint density at radius 1 is 1.56 bits per heavy atom. The molecule has 1 heterocycles. The zero-order chi connectivity index (χ0) is 12.2. The first kappa shape index (κ1) is 13.1. The van der Waals surface area contributed by atoms with Crippen molar-refractivity contribution >= 4 is 0 Å². The number of nitrogens with two attached hydrogens (primary N) is 1. The van der Waals surface area contributed by atoms with Gasteiger partial charge < -0.3 is 10.5 Å². The second-order valence-corrected chi connectivity index (χ2v) is 4.34. The molecule has 2 unspecified atom stereocenters. The van der Waals surface area contributed by atoms with Gasteiger partial charge in [-0.25, -0.2) is 9.97 Å². The van der Waals surface area contributed by atoms with E-state index in [9.17, 15) is 0 Å². The molecule has 90 valence electrons. The van der Waals surface area contributed by atoms with Gasteiger partial charge in [0, 0.05) is 31.5 Å². The Hall–Kier alpha value is -1.00. The molecule has 4 nitrogen and oxygen atoms in total. The minimum Gasteiger partial charge on any atom is -0.371 e. The molecule has 0 aromatic carbocycles. The second kappa shape index (κ2) is 5.37. The third-order valence-corrected chi connectivity index (χ3v) is 2.84. The van der Waals surface area contributed by atoms with E-state index in [4.69, 9.17) is 10.5 Å². The Labute approximate surface area is 97.2 Å². The highest BCUT2D eigenvalue weighted by atomic mass is 16.5. The number of ether oxygens (including phenoxy) is 1. The molecule has 0 radical (unpaired) electrons. The van der Waals surface area contributed by atoms with Crippen molar-refractivity contribution in [3.63, 3.8) is 0 Å². The average molecular weight is 223 g/mol. The molecular formula is C12H21N3O. The van der Waals surface area contributed by atoms with Gasteiger partial charge in [0.15, 0.2) is 5.82 Å². The Bertz CT molecular complexity index is 335. The topological polar surface area (TPSA) is 61.0 Å². The van der Waals surface area contributed by atoms with Gasteiger partial charge in [-0.05, 0) is 26.3 Å². The fourth-order valence-electron chi connectivity index (χ4n) is 1.49. The molecule has 0 bridgehead atoms. The number of hydrogen-bond donors (Lipinski definition) is 1. The minimum atomic E-state index is -0.409. The summed E-state index contributed by atoms with van der Waals surface area (Å²) in [6.07, 6.45) is 3.37. The minimum absolute atomic E-state index is 0.109. The zero-order valence-electron chi connectivity index (χ0n) is 10.5. The SMILES string of the molecule is CCC(C)(OC)c1nccc(CC(C)N)n1. The summed E-state index contributed by atoms with van der Waals surface area (Å²) in [7, 11) is 1.69. The summed E-state index contributed by atoms with van der Waals surface area (Å²) in [5.41, 5.74) is 6.32. The van der Waals surface area contributed by atoms with Crippen molar-refractivity contribution in [2.24, 2.45) is 5.73 Å². The molecule has 0 aliphatic rings. The monoisotopic (exact) mass is 223 g/mol. The summed E-state index contributed by atoms with van der Waals surface area (Å²) >= 11 is 0. The highest BCUT2D eigenvalue weighted by molar-refractivity contribution is 5.08. The third kappa shape index (κ3) is 3.00. The van der Waals surface area contributed by atoms with Crippen LogP contribution in [0.25, 0.3) is 0 Å². The lowest BCUT2D eigenvalue weighted by molar-refractivity contribution is -0.00917. The predicted octanol–water partition coefficient (Wildman–Crippen LogP) is 1.64. The molecule has 0 saturated heterocycles. The normalized spacial score (nSPS) is 16.8. The number of hydrogen-bond acceptors (Lipinski definition) is 4. The quantitative estimate of drug-likeness (QED) is 0.824. The maximum Gasteiger partial charge on any atom is 0.160 e. The molecule has 0 aliphatic carbocycles. The highest BCUT2D eigenvalue weighted by Crippen LogP contribution is 2.24. The summed E-state index contributed by atoms with van der Waals surface area (Å²) in [4.78, 5) is 8.79. The van der Waals surface area contributed by atoms with Crippen LogP contribution in [0.1, 0.15) is 38.7 Å². The lowest BCUT2D eigenvalue weighted by atomic mass is 10.0. The number of methoxy groups -OCH3 is 1. The van der Waals surface area contributed by atoms with Gasteiger partial charge in [0.05, 0.1) is 0 Å². The smallest absolute Gasteiger partial charge is 0.160 e. The van der Waals surface area contributed by atoms with Crippen molar-refractivity contribution in [3.8, 4) is 0 Å². The van der Waals surface area contributed by atoms with Gasteiger partial charge in [-0.1, -0.05) is 6.92 Å². The first-order valence-corrected chi connectivity index (χ1v) is 5.65. The van der Waals surface area contributed by atoms with E-state index in [1.54, 1.807) is 13.3 Å². The van der Waals surface area contributed by atoms with Gasteiger partial charge in [0.25, 0.3) is 0 Å². The number of aromatic nitrogens is 2. The van der Waals surface area contributed by atoms with Crippen molar-refractivity contribution < 1.29 is 4.74 Å². The van der Waals surface area contributed by atoms with E-state index in [-0.39, 0.29) is 6.04 Å². The van der Waals surface area contributed by atoms with Crippen LogP contribution in [0, 0.1) is 0 Å². The summed E-state index contributed by atoms with van der Waals surface area (Å²) in [5, 5.41) is 0. The third-order valence-electron chi connectivity index (χ3n) is 2.84. The van der Waals surface area contributed by atoms with E-state index in [0.717, 1.165) is 24.4 Å². The molecule has 0 amide bonds. The summed E-state index contributed by atoms with van der Waals surface area (Å²) < 4.78 is 5.48. The van der Waals surface area contributed by atoms with Gasteiger partial charge in [0.1, 0.15) is 5.60 Å². The van der Waals surface area contributed by atoms with Crippen LogP contribution in [0.2, 0.25) is 0 Å². The van der Waals surface area contributed by atoms with Crippen LogP contribution < -0.4 is 5.73 Å². The first-order chi connectivity index (χ1) is 7.51. The molecule has 0 saturated carbocycles. The Kier molecular flexibility index (Phi) is 4.38. The van der Waals surface area contributed by atoms with E-state index < -0.39 is 5.60 Å². The standard InChI is InChI=1S/C12H21N3O/c1-5-12(3,16-4)11-14-7-6-10(15-11)8-9(2)13/h6-7,9H,5,8,13H2,1-4H3. The number of nitrogens with zero attached hydrogens (tertiary/aromatic N) is 2. The predicted molar refractivity (Wildman–Crippen MR) is 64.0 cm³/mol. The fraction of sp³-hybridized carbons (Fsp3) is 0.667. The summed E-state index contributed by atoms with van der Waals surface area (Å²) in [6.45, 7) is 6.03. The lowest BCUT2D eigenvalue weighted by Gasteiger charge is -2.25. The van der Waals surface area contributed by atoms with E-state index in [2.05, 4.69) is 16.9 Å². The first-order valence-electron chi connectivity index (χ1n) is 5.65. The maximum atomic E-state index is 5.76. The van der Waals surface area contributed by atoms with Crippen LogP contribution >= 0.6 is 0 Å². The average Bonchev–Trinajstić information content (AvgIpc) is 2.27. The van der Waals surface area contributed by atoms with E-state index in [1.165, 1.54) is 0 Å². The van der Waals surface area contributed by atoms with Gasteiger partial charge in [-0.2, -0.15) is 0 Å². The molecule has 1 rings (SSSR count). The maximum absolute atomic E-state index is 5.76. The van der Waals surface area contributed by atoms with Gasteiger partial charge in [-0.15, -0.1) is 0 Å². The van der Waals surface area contributed by atoms with Crippen LogP contribution in [0.15, 0.2) is 12.3 Å². The van der Waals surface area contributed by atoms with Crippen LogP contribution in [-0.2, 0) is 16.8 Å². The van der Waals surface area contributed by atoms with Crippen molar-refractivity contribution in [1.29, 1.82) is 0 Å². The summed E-state index contributed by atoms with van der Waals surface area (Å²) in [6, 6.07) is 2.01. The summed E-state index contributed by atoms with van der Waals surface area (Å²) in [5.74, 6) is 0.732. The van der Waals surface area contributed by atoms with E-state index in [1.807, 2.05) is 19.9 Å². The number of rotatable bonds is 5. The zero-order valence-corrected chi connectivity index (χ0v) is 10.5. The van der Waals surface area contributed by atoms with Crippen LogP contribution in [0.5, 0.6) is 0 Å². The van der Waals surface area contributed by atoms with Crippen molar-refractivity contribution in [3.05, 3.63) is 23.8 Å². The van der Waals surface area contributed by atoms with E-state index >= 15 is 0 Å². The molecule has 0 spiro atoms. The van der Waals surface area contributed by atoms with Crippen LogP contribution in [-0.4, -0.2) is 23.1 Å². The van der Waals surface area contributed by atoms with E-state index in [0.29, 0.717) is 0 Å². The van der Waals surface area contributed by atoms with Gasteiger partial charge in [-0.3, -0.25) is 0 Å². The molecule has 1 aromatic rings. The Morgan fingerprint density at radius 3 is 2.75 bits per heavy atom. The largest absolute Gasteiger partial charge is 0.371 e. The fourth-order valence-corrected chi connectivity index (χ4v) is 1.49. The van der Waals surface area contributed by atoms with Gasteiger partial charge in [0.2, 0.25) is 0 Å². The molecule has 1 aromatic heterocycles. The Morgan fingerprint density at radius 2 is 2.25 bits per heavy atom. The van der Waals surface area contributed by atoms with Gasteiger partial charge >= 0.3 is 0 Å². The van der Waals surface area contributed by atoms with Crippen molar-refractivity contribution in [1.82, 2.24) is 9.97 Å². The molecule has 16 heavy (non-hydrogen) atoms. The van der Waals surface area contributed by atoms with Crippen LogP contribution in [0.4, 0.5) is 0 Å². The van der Waals surface area contributed by atoms with Crippen LogP contribution in [0.3, 0.4) is 0 Å². The highest BCUT2D eigenvalue weighted by Gasteiger charge is 2.27. The molecule has 4 heteroatoms. The molecule has 2 atom stereocenters. The molecule has 2 N–H and O–H groups in total. The Balaban J connectivity index is 2.97. The molecule has 0 fully saturated rings. The lowest BCUT2D eigenvalue weighted by Crippen LogP contribution is -2.27.